The zero-order valence-corrected chi connectivity index (χ0v) is 14.0. The van der Waals surface area contributed by atoms with Crippen molar-refractivity contribution < 1.29 is 9.90 Å². The van der Waals surface area contributed by atoms with E-state index in [0.29, 0.717) is 4.88 Å². The maximum Gasteiger partial charge on any atom is 0.265 e. The molecule has 1 amide bonds. The Morgan fingerprint density at radius 1 is 1.36 bits per heavy atom. The van der Waals surface area contributed by atoms with E-state index in [-0.39, 0.29) is 23.9 Å². The molecule has 0 spiro atoms. The van der Waals surface area contributed by atoms with Gasteiger partial charge in [0.15, 0.2) is 0 Å². The molecule has 0 bridgehead atoms. The molecular weight excluding hydrogens is 300 g/mol. The van der Waals surface area contributed by atoms with E-state index in [1.807, 2.05) is 13.8 Å². The third kappa shape index (κ3) is 3.02. The first-order chi connectivity index (χ1) is 10.6. The van der Waals surface area contributed by atoms with E-state index in [1.165, 1.54) is 12.8 Å². The molecule has 1 aliphatic carbocycles. The topological polar surface area (TPSA) is 78.4 Å². The second-order valence-corrected chi connectivity index (χ2v) is 7.35. The summed E-state index contributed by atoms with van der Waals surface area (Å²) in [6.07, 6.45) is 3.72. The first-order valence-electron chi connectivity index (χ1n) is 8.13. The molecule has 2 N–H and O–H groups in total. The molecule has 2 aliphatic rings. The van der Waals surface area contributed by atoms with Crippen LogP contribution in [0.4, 0.5) is 0 Å². The summed E-state index contributed by atoms with van der Waals surface area (Å²) in [6, 6.07) is 0.0252. The Hall–Kier alpha value is -1.05. The SMILES string of the molecule is CC(C)c1nnsc1C(=O)N[C@@H]1CC[C@@H](N2CCCC2)[C@@H]1O. The van der Waals surface area contributed by atoms with Gasteiger partial charge in [0.1, 0.15) is 4.88 Å². The van der Waals surface area contributed by atoms with Gasteiger partial charge >= 0.3 is 0 Å². The van der Waals surface area contributed by atoms with Crippen LogP contribution in [0.15, 0.2) is 0 Å². The number of likely N-dealkylation sites (tertiary alicyclic amines) is 1. The highest BCUT2D eigenvalue weighted by Crippen LogP contribution is 2.28. The van der Waals surface area contributed by atoms with Gasteiger partial charge < -0.3 is 10.4 Å². The Balaban J connectivity index is 1.63. The van der Waals surface area contributed by atoms with E-state index < -0.39 is 6.10 Å². The number of amides is 1. The quantitative estimate of drug-likeness (QED) is 0.875. The number of hydrogen-bond donors (Lipinski definition) is 2. The molecule has 3 rings (SSSR count). The van der Waals surface area contributed by atoms with Crippen LogP contribution in [0, 0.1) is 0 Å². The Morgan fingerprint density at radius 3 is 2.77 bits per heavy atom. The van der Waals surface area contributed by atoms with Gasteiger partial charge in [0.25, 0.3) is 5.91 Å². The summed E-state index contributed by atoms with van der Waals surface area (Å²) < 4.78 is 3.90. The fourth-order valence-corrected chi connectivity index (χ4v) is 4.28. The molecule has 2 heterocycles. The Kier molecular flexibility index (Phi) is 4.75. The van der Waals surface area contributed by atoms with Crippen LogP contribution in [0.3, 0.4) is 0 Å². The molecule has 0 radical (unpaired) electrons. The van der Waals surface area contributed by atoms with Crippen LogP contribution >= 0.6 is 11.5 Å². The molecule has 1 aromatic heterocycles. The van der Waals surface area contributed by atoms with Crippen molar-refractivity contribution in [3.8, 4) is 0 Å². The Bertz CT molecular complexity index is 527. The zero-order valence-electron chi connectivity index (χ0n) is 13.2. The van der Waals surface area contributed by atoms with E-state index in [2.05, 4.69) is 19.8 Å². The first-order valence-corrected chi connectivity index (χ1v) is 8.90. The average Bonchev–Trinajstić information content (AvgIpc) is 3.19. The number of aliphatic hydroxyl groups is 1. The van der Waals surface area contributed by atoms with Crippen molar-refractivity contribution in [1.29, 1.82) is 0 Å². The maximum absolute atomic E-state index is 12.5. The van der Waals surface area contributed by atoms with Crippen LogP contribution in [-0.2, 0) is 0 Å². The zero-order chi connectivity index (χ0) is 15.7. The van der Waals surface area contributed by atoms with Gasteiger partial charge in [-0.25, -0.2) is 0 Å². The number of carbonyl (C=O) groups excluding carboxylic acids is 1. The van der Waals surface area contributed by atoms with Crippen molar-refractivity contribution in [2.24, 2.45) is 0 Å². The summed E-state index contributed by atoms with van der Waals surface area (Å²) in [6.45, 7) is 6.14. The van der Waals surface area contributed by atoms with Crippen LogP contribution in [0.1, 0.15) is 60.8 Å². The molecule has 22 heavy (non-hydrogen) atoms. The lowest BCUT2D eigenvalue weighted by Gasteiger charge is -2.28. The van der Waals surface area contributed by atoms with Crippen molar-refractivity contribution >= 4 is 17.4 Å². The van der Waals surface area contributed by atoms with Crippen molar-refractivity contribution in [2.75, 3.05) is 13.1 Å². The van der Waals surface area contributed by atoms with Gasteiger partial charge in [0.2, 0.25) is 0 Å². The Labute approximate surface area is 135 Å². The highest BCUT2D eigenvalue weighted by molar-refractivity contribution is 7.08. The minimum Gasteiger partial charge on any atom is -0.389 e. The summed E-state index contributed by atoms with van der Waals surface area (Å²) in [5.74, 6) is 0.0233. The number of hydrogen-bond acceptors (Lipinski definition) is 6. The second-order valence-electron chi connectivity index (χ2n) is 6.60. The summed E-state index contributed by atoms with van der Waals surface area (Å²) in [5, 5.41) is 17.6. The van der Waals surface area contributed by atoms with Gasteiger partial charge in [0.05, 0.1) is 17.8 Å². The van der Waals surface area contributed by atoms with Gasteiger partial charge in [-0.2, -0.15) is 0 Å². The summed E-state index contributed by atoms with van der Waals surface area (Å²) in [4.78, 5) is 15.4. The molecule has 3 atom stereocenters. The lowest BCUT2D eigenvalue weighted by Crippen LogP contribution is -2.47. The van der Waals surface area contributed by atoms with Crippen LogP contribution in [0.2, 0.25) is 0 Å². The predicted molar refractivity (Wildman–Crippen MR) is 85.1 cm³/mol. The number of aliphatic hydroxyl groups excluding tert-OH is 1. The Morgan fingerprint density at radius 2 is 2.09 bits per heavy atom. The summed E-state index contributed by atoms with van der Waals surface area (Å²) in [5.41, 5.74) is 0.742. The summed E-state index contributed by atoms with van der Waals surface area (Å²) >= 11 is 1.13. The fraction of sp³-hybridized carbons (Fsp3) is 0.800. The fourth-order valence-electron chi connectivity index (χ4n) is 3.56. The van der Waals surface area contributed by atoms with Crippen LogP contribution < -0.4 is 5.32 Å². The third-order valence-corrected chi connectivity index (χ3v) is 5.51. The molecule has 1 aromatic rings. The van der Waals surface area contributed by atoms with Crippen LogP contribution in [0.5, 0.6) is 0 Å². The third-order valence-electron chi connectivity index (χ3n) is 4.77. The molecule has 1 aliphatic heterocycles. The lowest BCUT2D eigenvalue weighted by atomic mass is 10.1. The first kappa shape index (κ1) is 15.8. The van der Waals surface area contributed by atoms with Crippen molar-refractivity contribution in [3.63, 3.8) is 0 Å². The van der Waals surface area contributed by atoms with Crippen molar-refractivity contribution in [2.45, 2.75) is 63.6 Å². The lowest BCUT2D eigenvalue weighted by molar-refractivity contribution is 0.0620. The highest BCUT2D eigenvalue weighted by atomic mass is 32.1. The molecule has 2 fully saturated rings. The van der Waals surface area contributed by atoms with Gasteiger partial charge in [-0.05, 0) is 56.2 Å². The standard InChI is InChI=1S/C15H24N4O2S/c1-9(2)12-14(22-18-17-12)15(21)16-10-5-6-11(13(10)20)19-7-3-4-8-19/h9-11,13,20H,3-8H2,1-2H3,(H,16,21)/t10-,11-,13-/m1/s1. The molecule has 0 unspecified atom stereocenters. The minimum absolute atomic E-state index is 0.148. The van der Waals surface area contributed by atoms with Crippen molar-refractivity contribution in [1.82, 2.24) is 19.8 Å². The van der Waals surface area contributed by atoms with Gasteiger partial charge in [-0.15, -0.1) is 5.10 Å². The predicted octanol–water partition coefficient (Wildman–Crippen LogP) is 1.38. The number of aromatic nitrogens is 2. The molecular formula is C15H24N4O2S. The van der Waals surface area contributed by atoms with E-state index in [9.17, 15) is 9.90 Å². The van der Waals surface area contributed by atoms with Gasteiger partial charge in [-0.1, -0.05) is 18.3 Å². The molecule has 6 nitrogen and oxygen atoms in total. The normalized spacial score (nSPS) is 29.4. The maximum atomic E-state index is 12.5. The molecule has 1 saturated heterocycles. The second kappa shape index (κ2) is 6.60. The van der Waals surface area contributed by atoms with E-state index in [0.717, 1.165) is 43.2 Å². The number of nitrogens with zero attached hydrogens (tertiary/aromatic N) is 3. The average molecular weight is 324 g/mol. The minimum atomic E-state index is -0.481. The molecule has 122 valence electrons. The number of nitrogens with one attached hydrogen (secondary N) is 1. The van der Waals surface area contributed by atoms with Gasteiger partial charge in [-0.3, -0.25) is 9.69 Å². The highest BCUT2D eigenvalue weighted by Gasteiger charge is 2.40. The van der Waals surface area contributed by atoms with E-state index in [4.69, 9.17) is 0 Å². The largest absolute Gasteiger partial charge is 0.389 e. The number of rotatable bonds is 4. The van der Waals surface area contributed by atoms with Crippen molar-refractivity contribution in [3.05, 3.63) is 10.6 Å². The monoisotopic (exact) mass is 324 g/mol. The van der Waals surface area contributed by atoms with E-state index in [1.54, 1.807) is 0 Å². The van der Waals surface area contributed by atoms with E-state index >= 15 is 0 Å². The van der Waals surface area contributed by atoms with Gasteiger partial charge in [0, 0.05) is 6.04 Å². The molecule has 1 saturated carbocycles. The number of carbonyl (C=O) groups is 1. The molecule has 0 aromatic carbocycles. The van der Waals surface area contributed by atoms with Crippen LogP contribution in [0.25, 0.3) is 0 Å². The van der Waals surface area contributed by atoms with Crippen LogP contribution in [-0.4, -0.2) is 56.8 Å². The molecule has 7 heteroatoms. The smallest absolute Gasteiger partial charge is 0.265 e. The summed E-state index contributed by atoms with van der Waals surface area (Å²) in [7, 11) is 0.